The molecule has 0 amide bonds. The quantitative estimate of drug-likeness (QED) is 0.612. The maximum absolute atomic E-state index is 13.0. The molecular weight excluding hydrogens is 394 g/mol. The van der Waals surface area contributed by atoms with Gasteiger partial charge in [0.15, 0.2) is 0 Å². The van der Waals surface area contributed by atoms with Crippen molar-refractivity contribution in [2.24, 2.45) is 0 Å². The third-order valence-electron chi connectivity index (χ3n) is 3.97. The molecule has 0 unspecified atom stereocenters. The van der Waals surface area contributed by atoms with Gasteiger partial charge in [-0.3, -0.25) is 0 Å². The first-order valence-corrected chi connectivity index (χ1v) is 11.8. The summed E-state index contributed by atoms with van der Waals surface area (Å²) in [7, 11) is -8.13. The Bertz CT molecular complexity index is 1100. The highest BCUT2D eigenvalue weighted by Gasteiger charge is 2.37. The van der Waals surface area contributed by atoms with Crippen LogP contribution in [0, 0.1) is 0 Å². The Hall–Kier alpha value is -1.97. The number of benzene rings is 1. The van der Waals surface area contributed by atoms with Crippen molar-refractivity contribution in [2.75, 3.05) is 0 Å². The number of aromatic nitrogens is 1. The summed E-state index contributed by atoms with van der Waals surface area (Å²) in [6.45, 7) is 3.23. The maximum Gasteiger partial charge on any atom is 0.258 e. The lowest BCUT2D eigenvalue weighted by Crippen LogP contribution is -2.19. The number of sulfone groups is 2. The first kappa shape index (κ1) is 18.8. The van der Waals surface area contributed by atoms with E-state index in [0.29, 0.717) is 11.3 Å². The summed E-state index contributed by atoms with van der Waals surface area (Å²) in [6.07, 6.45) is 0.322. The van der Waals surface area contributed by atoms with Crippen molar-refractivity contribution in [3.05, 3.63) is 47.8 Å². The lowest BCUT2D eigenvalue weighted by atomic mass is 10.4. The first-order valence-electron chi connectivity index (χ1n) is 7.87. The predicted octanol–water partition coefficient (Wildman–Crippen LogP) is 3.81. The molecule has 0 N–H and O–H groups in total. The zero-order valence-corrected chi connectivity index (χ0v) is 16.6. The van der Waals surface area contributed by atoms with E-state index < -0.39 is 35.0 Å². The van der Waals surface area contributed by atoms with Crippen LogP contribution in [0.2, 0.25) is 0 Å². The fourth-order valence-electron chi connectivity index (χ4n) is 2.26. The molecule has 1 atom stereocenters. The molecule has 0 bridgehead atoms. The zero-order valence-electron chi connectivity index (χ0n) is 14.1. The van der Waals surface area contributed by atoms with Gasteiger partial charge >= 0.3 is 0 Å². The number of hydrogen-bond donors (Lipinski definition) is 0. The van der Waals surface area contributed by atoms with Gasteiger partial charge in [0.05, 0.1) is 15.0 Å². The SMILES string of the molecule is CC[C@H](C)S(=O)(=O)c1oc(-c2cccs2)nc1S(=O)(=O)c1ccccc1. The Morgan fingerprint density at radius 3 is 2.35 bits per heavy atom. The van der Waals surface area contributed by atoms with Crippen LogP contribution in [0.3, 0.4) is 0 Å². The summed E-state index contributed by atoms with van der Waals surface area (Å²) in [5, 5.41) is -0.184. The summed E-state index contributed by atoms with van der Waals surface area (Å²) in [5.41, 5.74) is 0. The number of oxazole rings is 1. The van der Waals surface area contributed by atoms with Gasteiger partial charge in [-0.25, -0.2) is 16.8 Å². The summed E-state index contributed by atoms with van der Waals surface area (Å²) >= 11 is 1.28. The van der Waals surface area contributed by atoms with Gasteiger partial charge < -0.3 is 4.42 Å². The average molecular weight is 412 g/mol. The van der Waals surface area contributed by atoms with Crippen molar-refractivity contribution in [3.63, 3.8) is 0 Å². The van der Waals surface area contributed by atoms with Gasteiger partial charge in [0.2, 0.25) is 30.6 Å². The van der Waals surface area contributed by atoms with E-state index in [1.165, 1.54) is 30.4 Å². The number of nitrogens with zero attached hydrogens (tertiary/aromatic N) is 1. The Morgan fingerprint density at radius 1 is 1.08 bits per heavy atom. The van der Waals surface area contributed by atoms with Crippen LogP contribution >= 0.6 is 11.3 Å². The van der Waals surface area contributed by atoms with E-state index >= 15 is 0 Å². The van der Waals surface area contributed by atoms with Gasteiger partial charge in [-0.1, -0.05) is 31.2 Å². The lowest BCUT2D eigenvalue weighted by molar-refractivity contribution is 0.441. The molecule has 1 aromatic carbocycles. The highest BCUT2D eigenvalue weighted by atomic mass is 32.2. The molecule has 0 saturated carbocycles. The molecule has 2 aromatic heterocycles. The van der Waals surface area contributed by atoms with E-state index in [2.05, 4.69) is 4.98 Å². The molecule has 0 radical (unpaired) electrons. The fraction of sp³-hybridized carbons (Fsp3) is 0.235. The van der Waals surface area contributed by atoms with Crippen LogP contribution in [0.25, 0.3) is 10.8 Å². The third-order valence-corrected chi connectivity index (χ3v) is 8.82. The molecule has 138 valence electrons. The maximum atomic E-state index is 13.0. The predicted molar refractivity (Wildman–Crippen MR) is 98.6 cm³/mol. The summed E-state index contributed by atoms with van der Waals surface area (Å²) in [4.78, 5) is 4.58. The molecule has 2 heterocycles. The molecule has 0 saturated heterocycles. The summed E-state index contributed by atoms with van der Waals surface area (Å²) < 4.78 is 57.2. The van der Waals surface area contributed by atoms with Crippen molar-refractivity contribution in [2.45, 2.75) is 40.5 Å². The summed E-state index contributed by atoms with van der Waals surface area (Å²) in [5.74, 6) is -0.0172. The number of thiophene rings is 1. The van der Waals surface area contributed by atoms with Crippen LogP contribution in [-0.4, -0.2) is 27.1 Å². The fourth-order valence-corrected chi connectivity index (χ4v) is 6.08. The normalized spacial score (nSPS) is 13.6. The van der Waals surface area contributed by atoms with Crippen LogP contribution in [0.4, 0.5) is 0 Å². The Morgan fingerprint density at radius 2 is 1.77 bits per heavy atom. The van der Waals surface area contributed by atoms with Gasteiger partial charge in [-0.2, -0.15) is 4.98 Å². The Balaban J connectivity index is 2.27. The van der Waals surface area contributed by atoms with E-state index in [1.807, 2.05) is 0 Å². The van der Waals surface area contributed by atoms with Gasteiger partial charge in [0.25, 0.3) is 5.09 Å². The monoisotopic (exact) mass is 411 g/mol. The van der Waals surface area contributed by atoms with E-state index in [9.17, 15) is 16.8 Å². The van der Waals surface area contributed by atoms with Crippen molar-refractivity contribution >= 4 is 31.0 Å². The van der Waals surface area contributed by atoms with Gasteiger partial charge in [0.1, 0.15) is 0 Å². The molecule has 0 aliphatic rings. The minimum Gasteiger partial charge on any atom is -0.422 e. The second-order valence-electron chi connectivity index (χ2n) is 5.67. The van der Waals surface area contributed by atoms with Gasteiger partial charge in [-0.15, -0.1) is 11.3 Å². The van der Waals surface area contributed by atoms with Crippen LogP contribution in [0.1, 0.15) is 20.3 Å². The van der Waals surface area contributed by atoms with Gasteiger partial charge in [0, 0.05) is 0 Å². The highest BCUT2D eigenvalue weighted by molar-refractivity contribution is 7.94. The first-order chi connectivity index (χ1) is 12.3. The molecule has 0 aliphatic carbocycles. The summed E-state index contributed by atoms with van der Waals surface area (Å²) in [6, 6.07) is 11.0. The van der Waals surface area contributed by atoms with Crippen molar-refractivity contribution < 1.29 is 21.3 Å². The Kier molecular flexibility index (Phi) is 5.05. The minimum absolute atomic E-state index is 0.0172. The van der Waals surface area contributed by atoms with Crippen molar-refractivity contribution in [3.8, 4) is 10.8 Å². The van der Waals surface area contributed by atoms with Crippen LogP contribution in [-0.2, 0) is 19.7 Å². The van der Waals surface area contributed by atoms with Crippen LogP contribution in [0.15, 0.2) is 67.3 Å². The number of rotatable bonds is 6. The Labute approximate surface area is 156 Å². The molecule has 0 aliphatic heterocycles. The number of hydrogen-bond acceptors (Lipinski definition) is 7. The molecular formula is C17H17NO5S3. The standard InChI is InChI=1S/C17H17NO5S3/c1-3-12(2)25(19,20)17-16(18-15(23-17)14-10-7-11-24-14)26(21,22)13-8-5-4-6-9-13/h4-12H,3H2,1-2H3/t12-/m0/s1. The van der Waals surface area contributed by atoms with Gasteiger partial charge in [-0.05, 0) is 36.9 Å². The molecule has 0 spiro atoms. The minimum atomic E-state index is -4.14. The lowest BCUT2D eigenvalue weighted by Gasteiger charge is -2.09. The van der Waals surface area contributed by atoms with Crippen LogP contribution < -0.4 is 0 Å². The van der Waals surface area contributed by atoms with Crippen LogP contribution in [0.5, 0.6) is 0 Å². The smallest absolute Gasteiger partial charge is 0.258 e. The molecule has 3 rings (SSSR count). The van der Waals surface area contributed by atoms with E-state index in [1.54, 1.807) is 42.6 Å². The molecule has 26 heavy (non-hydrogen) atoms. The second kappa shape index (κ2) is 6.98. The second-order valence-corrected chi connectivity index (χ2v) is 10.7. The molecule has 9 heteroatoms. The van der Waals surface area contributed by atoms with E-state index in [4.69, 9.17) is 4.42 Å². The molecule has 0 fully saturated rings. The molecule has 3 aromatic rings. The molecule has 6 nitrogen and oxygen atoms in total. The third kappa shape index (κ3) is 3.22. The largest absolute Gasteiger partial charge is 0.422 e. The van der Waals surface area contributed by atoms with E-state index in [-0.39, 0.29) is 10.8 Å². The zero-order chi connectivity index (χ0) is 18.9. The van der Waals surface area contributed by atoms with Crippen molar-refractivity contribution in [1.82, 2.24) is 4.98 Å². The average Bonchev–Trinajstić information content (AvgIpc) is 3.31. The topological polar surface area (TPSA) is 94.3 Å². The van der Waals surface area contributed by atoms with E-state index in [0.717, 1.165) is 0 Å². The highest BCUT2D eigenvalue weighted by Crippen LogP contribution is 2.35. The van der Waals surface area contributed by atoms with Crippen molar-refractivity contribution in [1.29, 1.82) is 0 Å².